The van der Waals surface area contributed by atoms with Crippen molar-refractivity contribution in [1.82, 2.24) is 5.32 Å². The molecule has 0 bridgehead atoms. The summed E-state index contributed by atoms with van der Waals surface area (Å²) in [6, 6.07) is 14.6. The van der Waals surface area contributed by atoms with Crippen LogP contribution in [0.15, 0.2) is 58.3 Å². The zero-order valence-electron chi connectivity index (χ0n) is 12.8. The molecule has 4 nitrogen and oxygen atoms in total. The summed E-state index contributed by atoms with van der Waals surface area (Å²) in [5.74, 6) is 0.394. The van der Waals surface area contributed by atoms with Gasteiger partial charge in [-0.2, -0.15) is 0 Å². The highest BCUT2D eigenvalue weighted by Crippen LogP contribution is 2.41. The molecular weight excluding hydrogens is 308 g/mol. The van der Waals surface area contributed by atoms with Crippen LogP contribution < -0.4 is 10.6 Å². The Bertz CT molecular complexity index is 818. The van der Waals surface area contributed by atoms with Crippen molar-refractivity contribution in [2.24, 2.45) is 0 Å². The van der Waals surface area contributed by atoms with Crippen molar-refractivity contribution < 1.29 is 8.42 Å². The van der Waals surface area contributed by atoms with Crippen molar-refractivity contribution in [3.8, 4) is 0 Å². The quantitative estimate of drug-likeness (QED) is 0.890. The summed E-state index contributed by atoms with van der Waals surface area (Å²) in [6.45, 7) is 2.00. The number of hydrogen-bond acceptors (Lipinski definition) is 4. The Kier molecular flexibility index (Phi) is 3.62. The normalized spacial score (nSPS) is 23.5. The molecule has 2 unspecified atom stereocenters. The van der Waals surface area contributed by atoms with Crippen molar-refractivity contribution in [2.75, 3.05) is 18.4 Å². The average molecular weight is 328 g/mol. The molecule has 120 valence electrons. The molecule has 2 N–H and O–H groups in total. The molecule has 1 fully saturated rings. The molecule has 2 aliphatic rings. The minimum absolute atomic E-state index is 0.352. The summed E-state index contributed by atoms with van der Waals surface area (Å²) in [4.78, 5) is 0.743. The zero-order valence-corrected chi connectivity index (χ0v) is 13.6. The molecule has 2 aromatic rings. The van der Waals surface area contributed by atoms with Crippen molar-refractivity contribution in [1.29, 1.82) is 0 Å². The van der Waals surface area contributed by atoms with E-state index in [1.54, 1.807) is 30.3 Å². The van der Waals surface area contributed by atoms with Crippen LogP contribution in [0.5, 0.6) is 0 Å². The first-order chi connectivity index (χ1) is 11.2. The second-order valence-corrected chi connectivity index (χ2v) is 8.20. The monoisotopic (exact) mass is 328 g/mol. The van der Waals surface area contributed by atoms with Gasteiger partial charge in [-0.3, -0.25) is 0 Å². The summed E-state index contributed by atoms with van der Waals surface area (Å²) < 4.78 is 25.7. The van der Waals surface area contributed by atoms with Crippen LogP contribution in [0.1, 0.15) is 24.3 Å². The predicted octanol–water partition coefficient (Wildman–Crippen LogP) is 2.78. The summed E-state index contributed by atoms with van der Waals surface area (Å²) >= 11 is 0. The van der Waals surface area contributed by atoms with Gasteiger partial charge in [0.1, 0.15) is 0 Å². The Hall–Kier alpha value is -1.85. The average Bonchev–Trinajstić information content (AvgIpc) is 2.76. The molecule has 1 saturated heterocycles. The van der Waals surface area contributed by atoms with Gasteiger partial charge in [-0.25, -0.2) is 8.42 Å². The fourth-order valence-electron chi connectivity index (χ4n) is 3.67. The van der Waals surface area contributed by atoms with E-state index in [1.165, 1.54) is 0 Å². The molecule has 0 aliphatic carbocycles. The molecule has 0 radical (unpaired) electrons. The van der Waals surface area contributed by atoms with Crippen LogP contribution >= 0.6 is 0 Å². The zero-order chi connectivity index (χ0) is 15.9. The van der Waals surface area contributed by atoms with Gasteiger partial charge in [-0.15, -0.1) is 0 Å². The Morgan fingerprint density at radius 3 is 2.52 bits per heavy atom. The number of sulfone groups is 1. The molecule has 0 amide bonds. The smallest absolute Gasteiger partial charge is 0.206 e. The van der Waals surface area contributed by atoms with Gasteiger partial charge in [0.05, 0.1) is 9.79 Å². The molecule has 2 aromatic carbocycles. The van der Waals surface area contributed by atoms with E-state index in [-0.39, 0.29) is 0 Å². The third kappa shape index (κ3) is 2.54. The number of benzene rings is 2. The maximum atomic E-state index is 12.8. The highest BCUT2D eigenvalue weighted by Gasteiger charge is 2.33. The lowest BCUT2D eigenvalue weighted by atomic mass is 9.91. The van der Waals surface area contributed by atoms with E-state index in [0.717, 1.165) is 37.2 Å². The fraction of sp³-hybridized carbons (Fsp3) is 0.333. The largest absolute Gasteiger partial charge is 0.381 e. The van der Waals surface area contributed by atoms with Gasteiger partial charge in [-0.05, 0) is 61.8 Å². The molecule has 4 rings (SSSR count). The lowest BCUT2D eigenvalue weighted by molar-refractivity contribution is 0.576. The summed E-state index contributed by atoms with van der Waals surface area (Å²) in [5, 5.41) is 6.98. The van der Waals surface area contributed by atoms with Crippen molar-refractivity contribution in [3.63, 3.8) is 0 Å². The van der Waals surface area contributed by atoms with Crippen LogP contribution in [0.3, 0.4) is 0 Å². The third-order valence-electron chi connectivity index (χ3n) is 4.88. The molecule has 23 heavy (non-hydrogen) atoms. The number of nitrogens with one attached hydrogen (secondary N) is 2. The van der Waals surface area contributed by atoms with Crippen LogP contribution in [0.25, 0.3) is 0 Å². The van der Waals surface area contributed by atoms with E-state index in [4.69, 9.17) is 0 Å². The maximum absolute atomic E-state index is 12.8. The Balaban J connectivity index is 1.75. The van der Waals surface area contributed by atoms with E-state index in [1.807, 2.05) is 18.2 Å². The van der Waals surface area contributed by atoms with Gasteiger partial charge < -0.3 is 10.6 Å². The van der Waals surface area contributed by atoms with Crippen LogP contribution in [0, 0.1) is 0 Å². The molecule has 0 saturated carbocycles. The van der Waals surface area contributed by atoms with Crippen LogP contribution in [0.4, 0.5) is 5.69 Å². The maximum Gasteiger partial charge on any atom is 0.206 e. The van der Waals surface area contributed by atoms with E-state index in [9.17, 15) is 8.42 Å². The van der Waals surface area contributed by atoms with Crippen LogP contribution in [-0.2, 0) is 9.84 Å². The van der Waals surface area contributed by atoms with Crippen molar-refractivity contribution in [3.05, 3.63) is 54.1 Å². The Labute approximate surface area is 136 Å². The summed E-state index contributed by atoms with van der Waals surface area (Å²) in [6.07, 6.45) is 2.11. The molecule has 2 aliphatic heterocycles. The second-order valence-electron chi connectivity index (χ2n) is 6.25. The standard InChI is InChI=1S/C18H20N2O2S/c21-23(22,13-4-2-1-3-5-13)14-6-7-17-16(12-14)15-8-10-19-11-9-18(15)20-17/h1-7,12,15,18-20H,8-11H2. The number of hydrogen-bond donors (Lipinski definition) is 2. The summed E-state index contributed by atoms with van der Waals surface area (Å²) in [5.41, 5.74) is 2.24. The second kappa shape index (κ2) is 5.65. The third-order valence-corrected chi connectivity index (χ3v) is 6.64. The van der Waals surface area contributed by atoms with Gasteiger partial charge >= 0.3 is 0 Å². The molecule has 5 heteroatoms. The first kappa shape index (κ1) is 14.7. The van der Waals surface area contributed by atoms with Crippen molar-refractivity contribution in [2.45, 2.75) is 34.6 Å². The van der Waals surface area contributed by atoms with E-state index in [2.05, 4.69) is 10.6 Å². The highest BCUT2D eigenvalue weighted by molar-refractivity contribution is 7.91. The minimum Gasteiger partial charge on any atom is -0.381 e. The Morgan fingerprint density at radius 1 is 0.913 bits per heavy atom. The fourth-order valence-corrected chi connectivity index (χ4v) is 4.99. The van der Waals surface area contributed by atoms with Crippen LogP contribution in [0.2, 0.25) is 0 Å². The molecule has 0 spiro atoms. The van der Waals surface area contributed by atoms with E-state index >= 15 is 0 Å². The SMILES string of the molecule is O=S(=O)(c1ccccc1)c1ccc2c(c1)C1CCNCCC1N2. The first-order valence-corrected chi connectivity index (χ1v) is 9.56. The first-order valence-electron chi connectivity index (χ1n) is 8.07. The number of anilines is 1. The van der Waals surface area contributed by atoms with Gasteiger partial charge in [0.2, 0.25) is 9.84 Å². The number of fused-ring (bicyclic) bond motifs is 3. The molecular formula is C18H20N2O2S. The van der Waals surface area contributed by atoms with Gasteiger partial charge in [-0.1, -0.05) is 18.2 Å². The molecule has 2 heterocycles. The van der Waals surface area contributed by atoms with Gasteiger partial charge in [0.15, 0.2) is 0 Å². The van der Waals surface area contributed by atoms with E-state index < -0.39 is 9.84 Å². The van der Waals surface area contributed by atoms with Gasteiger partial charge in [0, 0.05) is 17.6 Å². The predicted molar refractivity (Wildman–Crippen MR) is 90.6 cm³/mol. The highest BCUT2D eigenvalue weighted by atomic mass is 32.2. The molecule has 2 atom stereocenters. The number of rotatable bonds is 2. The molecule has 0 aromatic heterocycles. The Morgan fingerprint density at radius 2 is 1.70 bits per heavy atom. The van der Waals surface area contributed by atoms with Gasteiger partial charge in [0.25, 0.3) is 0 Å². The lowest BCUT2D eigenvalue weighted by Gasteiger charge is -2.16. The van der Waals surface area contributed by atoms with E-state index in [0.29, 0.717) is 21.8 Å². The van der Waals surface area contributed by atoms with Crippen molar-refractivity contribution >= 4 is 15.5 Å². The minimum atomic E-state index is -3.45. The summed E-state index contributed by atoms with van der Waals surface area (Å²) in [7, 11) is -3.45. The van der Waals surface area contributed by atoms with Crippen LogP contribution in [-0.4, -0.2) is 27.5 Å². The topological polar surface area (TPSA) is 58.2 Å². The lowest BCUT2D eigenvalue weighted by Crippen LogP contribution is -2.21.